The Hall–Kier alpha value is -2.76. The lowest BCUT2D eigenvalue weighted by molar-refractivity contribution is -0.134. The van der Waals surface area contributed by atoms with Crippen LogP contribution in [0, 0.1) is 6.92 Å². The van der Waals surface area contributed by atoms with Crippen LogP contribution in [0.3, 0.4) is 0 Å². The molecule has 5 rings (SSSR count). The fourth-order valence-corrected chi connectivity index (χ4v) is 4.35. The molecule has 0 saturated carbocycles. The molecule has 0 unspecified atom stereocenters. The molecular weight excluding hydrogens is 314 g/mol. The van der Waals surface area contributed by atoms with Crippen LogP contribution < -0.4 is 0 Å². The molecule has 0 N–H and O–H groups in total. The summed E-state index contributed by atoms with van der Waals surface area (Å²) < 4.78 is 1.97. The second-order valence-corrected chi connectivity index (χ2v) is 7.00. The standard InChI is InChI=1S/C19H19N5O/c1-12-8-18-21-11-15-16-3-2-14(10-17(15)24(18)22-12)23(16)19(25)9-13-4-6-20-7-5-13/h4-8,11,14,16H,2-3,9-10H2,1H3/t14-,16+/m0/s1. The molecule has 2 bridgehead atoms. The highest BCUT2D eigenvalue weighted by Crippen LogP contribution is 2.43. The molecule has 1 saturated heterocycles. The quantitative estimate of drug-likeness (QED) is 0.722. The average Bonchev–Trinajstić information content (AvgIpc) is 3.15. The first-order chi connectivity index (χ1) is 12.2. The number of nitrogens with zero attached hydrogens (tertiary/aromatic N) is 5. The first-order valence-corrected chi connectivity index (χ1v) is 8.75. The van der Waals surface area contributed by atoms with Gasteiger partial charge >= 0.3 is 0 Å². The van der Waals surface area contributed by atoms with Crippen LogP contribution in [-0.4, -0.2) is 36.4 Å². The number of fused-ring (bicyclic) bond motifs is 6. The zero-order valence-corrected chi connectivity index (χ0v) is 14.1. The second kappa shape index (κ2) is 5.37. The molecule has 126 valence electrons. The second-order valence-electron chi connectivity index (χ2n) is 7.00. The number of hydrogen-bond donors (Lipinski definition) is 0. The van der Waals surface area contributed by atoms with E-state index in [0.717, 1.165) is 41.7 Å². The Labute approximate surface area is 145 Å². The number of aromatic nitrogens is 4. The van der Waals surface area contributed by atoms with Crippen LogP contribution in [0.5, 0.6) is 0 Å². The average molecular weight is 333 g/mol. The summed E-state index contributed by atoms with van der Waals surface area (Å²) in [4.78, 5) is 23.6. The molecule has 2 aliphatic rings. The third-order valence-electron chi connectivity index (χ3n) is 5.42. The lowest BCUT2D eigenvalue weighted by Gasteiger charge is -2.36. The van der Waals surface area contributed by atoms with E-state index in [0.29, 0.717) is 6.42 Å². The Bertz CT molecular complexity index is 965. The normalized spacial score (nSPS) is 21.6. The molecule has 0 aromatic carbocycles. The van der Waals surface area contributed by atoms with Crippen molar-refractivity contribution in [3.63, 3.8) is 0 Å². The SMILES string of the molecule is Cc1cc2ncc3c(n2n1)C[C@@H]1CC[C@H]3N1C(=O)Cc1ccncc1. The van der Waals surface area contributed by atoms with Gasteiger partial charge in [0.05, 0.1) is 23.9 Å². The molecule has 3 aromatic rings. The molecule has 0 spiro atoms. The van der Waals surface area contributed by atoms with Crippen molar-refractivity contribution in [2.24, 2.45) is 0 Å². The molecule has 1 fully saturated rings. The zero-order valence-electron chi connectivity index (χ0n) is 14.1. The van der Waals surface area contributed by atoms with Gasteiger partial charge in [0.15, 0.2) is 5.65 Å². The first kappa shape index (κ1) is 14.6. The summed E-state index contributed by atoms with van der Waals surface area (Å²) in [5.74, 6) is 0.195. The monoisotopic (exact) mass is 333 g/mol. The van der Waals surface area contributed by atoms with Gasteiger partial charge < -0.3 is 4.90 Å². The van der Waals surface area contributed by atoms with Gasteiger partial charge in [-0.05, 0) is 37.5 Å². The minimum atomic E-state index is 0.129. The van der Waals surface area contributed by atoms with Gasteiger partial charge in [-0.3, -0.25) is 9.78 Å². The molecule has 6 nitrogen and oxygen atoms in total. The van der Waals surface area contributed by atoms with E-state index in [9.17, 15) is 4.79 Å². The molecule has 0 radical (unpaired) electrons. The molecule has 0 aliphatic carbocycles. The van der Waals surface area contributed by atoms with Gasteiger partial charge in [0.2, 0.25) is 5.91 Å². The van der Waals surface area contributed by atoms with Gasteiger partial charge in [0, 0.05) is 42.7 Å². The van der Waals surface area contributed by atoms with E-state index < -0.39 is 0 Å². The third-order valence-corrected chi connectivity index (χ3v) is 5.42. The maximum absolute atomic E-state index is 13.0. The molecule has 2 atom stereocenters. The number of hydrogen-bond acceptors (Lipinski definition) is 4. The molecule has 6 heteroatoms. The van der Waals surface area contributed by atoms with Crippen molar-refractivity contribution in [1.29, 1.82) is 0 Å². The van der Waals surface area contributed by atoms with Crippen molar-refractivity contribution in [2.45, 2.75) is 44.7 Å². The van der Waals surface area contributed by atoms with Crippen LogP contribution in [0.4, 0.5) is 0 Å². The summed E-state index contributed by atoms with van der Waals surface area (Å²) in [6, 6.07) is 6.22. The van der Waals surface area contributed by atoms with E-state index in [1.807, 2.05) is 35.8 Å². The number of pyridine rings is 1. The number of amides is 1. The predicted octanol–water partition coefficient (Wildman–Crippen LogP) is 2.26. The van der Waals surface area contributed by atoms with Crippen LogP contribution >= 0.6 is 0 Å². The topological polar surface area (TPSA) is 63.4 Å². The van der Waals surface area contributed by atoms with Crippen LogP contribution in [0.15, 0.2) is 36.8 Å². The van der Waals surface area contributed by atoms with E-state index in [1.165, 1.54) is 5.69 Å². The molecule has 2 aliphatic heterocycles. The van der Waals surface area contributed by atoms with Crippen LogP contribution in [-0.2, 0) is 17.6 Å². The van der Waals surface area contributed by atoms with Crippen molar-refractivity contribution >= 4 is 11.6 Å². The van der Waals surface area contributed by atoms with E-state index in [1.54, 1.807) is 12.4 Å². The highest BCUT2D eigenvalue weighted by atomic mass is 16.2. The summed E-state index contributed by atoms with van der Waals surface area (Å²) in [6.45, 7) is 1.99. The molecular formula is C19H19N5O. The van der Waals surface area contributed by atoms with Crippen LogP contribution in [0.2, 0.25) is 0 Å². The molecule has 1 amide bonds. The van der Waals surface area contributed by atoms with Crippen molar-refractivity contribution < 1.29 is 4.79 Å². The van der Waals surface area contributed by atoms with Crippen LogP contribution in [0.25, 0.3) is 5.65 Å². The summed E-state index contributed by atoms with van der Waals surface area (Å²) in [5.41, 5.74) is 5.27. The fourth-order valence-electron chi connectivity index (χ4n) is 4.35. The highest BCUT2D eigenvalue weighted by Gasteiger charge is 2.43. The van der Waals surface area contributed by atoms with Gasteiger partial charge in [0.1, 0.15) is 0 Å². The van der Waals surface area contributed by atoms with Gasteiger partial charge in [-0.15, -0.1) is 0 Å². The van der Waals surface area contributed by atoms with Crippen molar-refractivity contribution in [3.05, 3.63) is 59.3 Å². The largest absolute Gasteiger partial charge is 0.332 e. The Morgan fingerprint density at radius 1 is 1.28 bits per heavy atom. The summed E-state index contributed by atoms with van der Waals surface area (Å²) in [6.07, 6.45) is 8.77. The Morgan fingerprint density at radius 2 is 2.12 bits per heavy atom. The summed E-state index contributed by atoms with van der Waals surface area (Å²) >= 11 is 0. The minimum absolute atomic E-state index is 0.129. The van der Waals surface area contributed by atoms with Gasteiger partial charge in [-0.2, -0.15) is 5.10 Å². The number of carbonyl (C=O) groups is 1. The van der Waals surface area contributed by atoms with Crippen molar-refractivity contribution in [3.8, 4) is 0 Å². The van der Waals surface area contributed by atoms with E-state index in [-0.39, 0.29) is 18.0 Å². The Morgan fingerprint density at radius 3 is 2.96 bits per heavy atom. The smallest absolute Gasteiger partial charge is 0.227 e. The Kier molecular flexibility index (Phi) is 3.13. The maximum atomic E-state index is 13.0. The highest BCUT2D eigenvalue weighted by molar-refractivity contribution is 5.80. The summed E-state index contributed by atoms with van der Waals surface area (Å²) in [5, 5.41) is 4.60. The van der Waals surface area contributed by atoms with Gasteiger partial charge in [-0.25, -0.2) is 9.50 Å². The maximum Gasteiger partial charge on any atom is 0.227 e. The molecule has 3 aromatic heterocycles. The third kappa shape index (κ3) is 2.24. The van der Waals surface area contributed by atoms with Crippen molar-refractivity contribution in [2.75, 3.05) is 0 Å². The molecule has 5 heterocycles. The lowest BCUT2D eigenvalue weighted by Crippen LogP contribution is -2.43. The first-order valence-electron chi connectivity index (χ1n) is 8.75. The van der Waals surface area contributed by atoms with E-state index in [4.69, 9.17) is 0 Å². The van der Waals surface area contributed by atoms with Crippen LogP contribution in [0.1, 0.15) is 41.4 Å². The fraction of sp³-hybridized carbons (Fsp3) is 0.368. The van der Waals surface area contributed by atoms with Gasteiger partial charge in [-0.1, -0.05) is 0 Å². The minimum Gasteiger partial charge on any atom is -0.332 e. The number of aryl methyl sites for hydroxylation is 1. The zero-order chi connectivity index (χ0) is 17.0. The molecule has 25 heavy (non-hydrogen) atoms. The van der Waals surface area contributed by atoms with E-state index in [2.05, 4.69) is 20.0 Å². The van der Waals surface area contributed by atoms with E-state index >= 15 is 0 Å². The predicted molar refractivity (Wildman–Crippen MR) is 92.0 cm³/mol. The lowest BCUT2D eigenvalue weighted by atomic mass is 9.98. The number of carbonyl (C=O) groups excluding carboxylic acids is 1. The number of rotatable bonds is 2. The summed E-state index contributed by atoms with van der Waals surface area (Å²) in [7, 11) is 0. The Balaban J connectivity index is 1.51. The van der Waals surface area contributed by atoms with Crippen molar-refractivity contribution in [1.82, 2.24) is 24.5 Å². The van der Waals surface area contributed by atoms with Gasteiger partial charge in [0.25, 0.3) is 0 Å².